The molecule has 0 N–H and O–H groups in total. The largest absolute Gasteiger partial charge is 0.494 e. The number of rotatable bonds is 6. The highest BCUT2D eigenvalue weighted by molar-refractivity contribution is 7.17. The van der Waals surface area contributed by atoms with E-state index in [2.05, 4.69) is 51.6 Å². The van der Waals surface area contributed by atoms with Crippen LogP contribution in [0, 0.1) is 0 Å². The van der Waals surface area contributed by atoms with E-state index in [0.717, 1.165) is 71.0 Å². The van der Waals surface area contributed by atoms with Gasteiger partial charge in [-0.15, -0.1) is 11.3 Å². The predicted molar refractivity (Wildman–Crippen MR) is 132 cm³/mol. The van der Waals surface area contributed by atoms with Crippen LogP contribution in [0.25, 0.3) is 10.1 Å². The number of carbonyl (C=O) groups is 1. The molecule has 0 saturated carbocycles. The van der Waals surface area contributed by atoms with E-state index in [4.69, 9.17) is 4.74 Å². The zero-order valence-corrected chi connectivity index (χ0v) is 19.6. The van der Waals surface area contributed by atoms with E-state index in [1.54, 1.807) is 6.92 Å². The van der Waals surface area contributed by atoms with E-state index in [1.807, 2.05) is 22.3 Å². The van der Waals surface area contributed by atoms with Crippen LogP contribution in [0.5, 0.6) is 5.75 Å². The summed E-state index contributed by atoms with van der Waals surface area (Å²) in [6.45, 7) is 9.36. The fourth-order valence-electron chi connectivity index (χ4n) is 4.83. The maximum atomic E-state index is 11.6. The molecule has 0 atom stereocenters. The highest BCUT2D eigenvalue weighted by Crippen LogP contribution is 2.31. The van der Waals surface area contributed by atoms with Crippen LogP contribution in [0.15, 0.2) is 47.8 Å². The van der Waals surface area contributed by atoms with Gasteiger partial charge in [0.15, 0.2) is 0 Å². The van der Waals surface area contributed by atoms with Gasteiger partial charge in [-0.1, -0.05) is 12.1 Å². The summed E-state index contributed by atoms with van der Waals surface area (Å²) < 4.78 is 7.43. The molecule has 2 aromatic carbocycles. The molecule has 6 heteroatoms. The van der Waals surface area contributed by atoms with Crippen LogP contribution in [0.2, 0.25) is 0 Å². The Morgan fingerprint density at radius 2 is 1.91 bits per heavy atom. The molecule has 0 radical (unpaired) electrons. The van der Waals surface area contributed by atoms with E-state index in [1.165, 1.54) is 26.9 Å². The minimum Gasteiger partial charge on any atom is -0.494 e. The molecule has 1 fully saturated rings. The maximum Gasteiger partial charge on any atom is 0.219 e. The molecular formula is C26H31N3O2S. The summed E-state index contributed by atoms with van der Waals surface area (Å²) in [4.78, 5) is 18.6. The Kier molecular flexibility index (Phi) is 6.32. The molecular weight excluding hydrogens is 418 g/mol. The lowest BCUT2D eigenvalue weighted by Crippen LogP contribution is -2.46. The highest BCUT2D eigenvalue weighted by Gasteiger charge is 2.20. The van der Waals surface area contributed by atoms with Crippen LogP contribution >= 0.6 is 11.3 Å². The normalized spacial score (nSPS) is 16.9. The van der Waals surface area contributed by atoms with Crippen molar-refractivity contribution in [1.82, 2.24) is 9.80 Å². The zero-order valence-electron chi connectivity index (χ0n) is 18.8. The molecule has 3 aromatic rings. The summed E-state index contributed by atoms with van der Waals surface area (Å²) in [5.74, 6) is 1.11. The van der Waals surface area contributed by atoms with E-state index in [-0.39, 0.29) is 5.91 Å². The van der Waals surface area contributed by atoms with E-state index < -0.39 is 0 Å². The van der Waals surface area contributed by atoms with Gasteiger partial charge in [0.1, 0.15) is 5.75 Å². The van der Waals surface area contributed by atoms with Crippen molar-refractivity contribution < 1.29 is 9.53 Å². The second-order valence-electron chi connectivity index (χ2n) is 8.76. The Hall–Kier alpha value is -2.57. The van der Waals surface area contributed by atoms with Crippen molar-refractivity contribution in [1.29, 1.82) is 0 Å². The fraction of sp³-hybridized carbons (Fsp3) is 0.423. The van der Waals surface area contributed by atoms with Crippen molar-refractivity contribution in [2.24, 2.45) is 0 Å². The Morgan fingerprint density at radius 3 is 2.75 bits per heavy atom. The van der Waals surface area contributed by atoms with Gasteiger partial charge in [0, 0.05) is 68.5 Å². The highest BCUT2D eigenvalue weighted by atomic mass is 32.1. The number of thiophene rings is 1. The van der Waals surface area contributed by atoms with Crippen molar-refractivity contribution in [2.45, 2.75) is 26.3 Å². The quantitative estimate of drug-likeness (QED) is 0.523. The number of ether oxygens (including phenoxy) is 1. The fourth-order valence-corrected chi connectivity index (χ4v) is 5.64. The SMILES string of the molecule is CC(=O)N1CCc2cc(OCCCN3CCN(c4cccc5sccc45)CC3)ccc2C1. The lowest BCUT2D eigenvalue weighted by Gasteiger charge is -2.36. The number of benzene rings is 2. The first kappa shape index (κ1) is 21.3. The molecule has 5 rings (SSSR count). The summed E-state index contributed by atoms with van der Waals surface area (Å²) in [5.41, 5.74) is 3.94. The first-order chi connectivity index (χ1) is 15.7. The number of nitrogens with zero attached hydrogens (tertiary/aromatic N) is 3. The average molecular weight is 450 g/mol. The van der Waals surface area contributed by atoms with Crippen LogP contribution in [-0.2, 0) is 17.8 Å². The van der Waals surface area contributed by atoms with Crippen molar-refractivity contribution in [3.05, 3.63) is 59.0 Å². The van der Waals surface area contributed by atoms with Crippen molar-refractivity contribution in [3.8, 4) is 5.75 Å². The van der Waals surface area contributed by atoms with E-state index >= 15 is 0 Å². The van der Waals surface area contributed by atoms with Gasteiger partial charge in [-0.25, -0.2) is 0 Å². The Morgan fingerprint density at radius 1 is 1.03 bits per heavy atom. The van der Waals surface area contributed by atoms with Gasteiger partial charge >= 0.3 is 0 Å². The van der Waals surface area contributed by atoms with E-state index in [9.17, 15) is 4.79 Å². The summed E-state index contributed by atoms with van der Waals surface area (Å²) in [6.07, 6.45) is 1.95. The lowest BCUT2D eigenvalue weighted by molar-refractivity contribution is -0.129. The number of amides is 1. The summed E-state index contributed by atoms with van der Waals surface area (Å²) in [7, 11) is 0. The van der Waals surface area contributed by atoms with E-state index in [0.29, 0.717) is 0 Å². The lowest BCUT2D eigenvalue weighted by atomic mass is 9.99. The Bertz CT molecular complexity index is 1090. The monoisotopic (exact) mass is 449 g/mol. The smallest absolute Gasteiger partial charge is 0.219 e. The molecule has 1 saturated heterocycles. The minimum absolute atomic E-state index is 0.153. The van der Waals surface area contributed by atoms with Gasteiger partial charge in [0.2, 0.25) is 5.91 Å². The van der Waals surface area contributed by atoms with Crippen LogP contribution in [0.4, 0.5) is 5.69 Å². The van der Waals surface area contributed by atoms with Gasteiger partial charge in [-0.3, -0.25) is 9.69 Å². The number of hydrogen-bond acceptors (Lipinski definition) is 5. The molecule has 3 heterocycles. The molecule has 0 aliphatic carbocycles. The van der Waals surface area contributed by atoms with Crippen molar-refractivity contribution in [2.75, 3.05) is 50.8 Å². The number of carbonyl (C=O) groups excluding carboxylic acids is 1. The molecule has 1 amide bonds. The molecule has 2 aliphatic heterocycles. The maximum absolute atomic E-state index is 11.6. The third-order valence-electron chi connectivity index (χ3n) is 6.71. The molecule has 5 nitrogen and oxygen atoms in total. The van der Waals surface area contributed by atoms with Gasteiger partial charge in [0.25, 0.3) is 0 Å². The molecule has 0 spiro atoms. The van der Waals surface area contributed by atoms with Crippen LogP contribution in [0.3, 0.4) is 0 Å². The standard InChI is InChI=1S/C26H31N3O2S/c1-20(30)29-11-8-21-18-23(7-6-22(21)19-29)31-16-3-10-27-12-14-28(15-13-27)25-4-2-5-26-24(25)9-17-32-26/h2,4-7,9,17-18H,3,8,10-16,19H2,1H3. The number of hydrogen-bond donors (Lipinski definition) is 0. The van der Waals surface area contributed by atoms with Gasteiger partial charge in [-0.05, 0) is 59.7 Å². The van der Waals surface area contributed by atoms with Gasteiger partial charge in [-0.2, -0.15) is 0 Å². The number of anilines is 1. The first-order valence-corrected chi connectivity index (χ1v) is 12.5. The van der Waals surface area contributed by atoms with Crippen LogP contribution in [-0.4, -0.2) is 61.6 Å². The molecule has 1 aromatic heterocycles. The molecule has 168 valence electrons. The minimum atomic E-state index is 0.153. The Balaban J connectivity index is 1.06. The number of fused-ring (bicyclic) bond motifs is 2. The molecule has 0 unspecified atom stereocenters. The second kappa shape index (κ2) is 9.51. The first-order valence-electron chi connectivity index (χ1n) is 11.6. The summed E-state index contributed by atoms with van der Waals surface area (Å²) >= 11 is 1.82. The predicted octanol–water partition coefficient (Wildman–Crippen LogP) is 4.40. The van der Waals surface area contributed by atoms with Crippen LogP contribution in [0.1, 0.15) is 24.5 Å². The Labute approximate surface area is 194 Å². The molecule has 0 bridgehead atoms. The van der Waals surface area contributed by atoms with Crippen LogP contribution < -0.4 is 9.64 Å². The average Bonchev–Trinajstić information content (AvgIpc) is 3.31. The number of piperazine rings is 1. The molecule has 2 aliphatic rings. The van der Waals surface area contributed by atoms with Gasteiger partial charge in [0.05, 0.1) is 6.61 Å². The molecule has 32 heavy (non-hydrogen) atoms. The van der Waals surface area contributed by atoms with Crippen molar-refractivity contribution in [3.63, 3.8) is 0 Å². The summed E-state index contributed by atoms with van der Waals surface area (Å²) in [6, 6.07) is 15.2. The topological polar surface area (TPSA) is 36.0 Å². The summed E-state index contributed by atoms with van der Waals surface area (Å²) in [5, 5.41) is 3.58. The third-order valence-corrected chi connectivity index (χ3v) is 7.59. The zero-order chi connectivity index (χ0) is 21.9. The van der Waals surface area contributed by atoms with Crippen molar-refractivity contribution >= 4 is 33.0 Å². The second-order valence-corrected chi connectivity index (χ2v) is 9.71. The van der Waals surface area contributed by atoms with Gasteiger partial charge < -0.3 is 14.5 Å². The third kappa shape index (κ3) is 4.62.